The fourth-order valence-electron chi connectivity index (χ4n) is 10.9. The minimum absolute atomic E-state index is 0.0866. The first kappa shape index (κ1) is 49.7. The number of nitrogens with one attached hydrogen (secondary N) is 5. The number of rotatable bonds is 13. The molecule has 20 nitrogen and oxygen atoms in total. The fourth-order valence-corrected chi connectivity index (χ4v) is 10.9. The molecule has 5 N–H and O–H groups in total. The highest BCUT2D eigenvalue weighted by Gasteiger charge is 2.34. The molecule has 10 heterocycles. The van der Waals surface area contributed by atoms with Crippen LogP contribution in [0.5, 0.6) is 0 Å². The molecule has 4 aliphatic rings. The summed E-state index contributed by atoms with van der Waals surface area (Å²) in [5, 5.41) is 28.6. The number of piperidine rings is 1. The molecule has 10 aromatic rings. The van der Waals surface area contributed by atoms with Gasteiger partial charge >= 0.3 is 0 Å². The first-order valence-electron chi connectivity index (χ1n) is 27.5. The lowest BCUT2D eigenvalue weighted by molar-refractivity contribution is 0.236. The summed E-state index contributed by atoms with van der Waals surface area (Å²) in [5.41, 5.74) is 7.98. The van der Waals surface area contributed by atoms with E-state index in [0.717, 1.165) is 102 Å². The van der Waals surface area contributed by atoms with Crippen molar-refractivity contribution in [3.05, 3.63) is 146 Å². The van der Waals surface area contributed by atoms with E-state index in [1.165, 1.54) is 49.7 Å². The monoisotopic (exact) mass is 1050 g/mol. The maximum absolute atomic E-state index is 5.16. The lowest BCUT2D eigenvalue weighted by Crippen LogP contribution is -2.49. The molecular formula is C59H62N20. The zero-order valence-corrected chi connectivity index (χ0v) is 44.3. The summed E-state index contributed by atoms with van der Waals surface area (Å²) < 4.78 is 3.45. The Balaban J connectivity index is 0.000000150. The average molecular weight is 1050 g/mol. The number of piperazine rings is 1. The Morgan fingerprint density at radius 2 is 1.10 bits per heavy atom. The Morgan fingerprint density at radius 1 is 0.557 bits per heavy atom. The number of nitrogens with zero attached hydrogens (tertiary/aromatic N) is 15. The maximum Gasteiger partial charge on any atom is 0.248 e. The molecule has 0 unspecified atom stereocenters. The maximum atomic E-state index is 5.16. The summed E-state index contributed by atoms with van der Waals surface area (Å²) in [6.07, 6.45) is 23.0. The van der Waals surface area contributed by atoms with E-state index >= 15 is 0 Å². The zero-order chi connectivity index (χ0) is 53.1. The molecule has 4 fully saturated rings. The number of anilines is 6. The normalized spacial score (nSPS) is 17.3. The van der Waals surface area contributed by atoms with Gasteiger partial charge in [-0.3, -0.25) is 9.97 Å². The Hall–Kier alpha value is -8.88. The quantitative estimate of drug-likeness (QED) is 0.0724. The molecule has 0 spiro atoms. The Kier molecular flexibility index (Phi) is 13.7. The van der Waals surface area contributed by atoms with Crippen molar-refractivity contribution in [3.8, 4) is 34.2 Å². The molecule has 2 aliphatic heterocycles. The second-order valence-electron chi connectivity index (χ2n) is 21.5. The third kappa shape index (κ3) is 10.6. The van der Waals surface area contributed by atoms with Crippen molar-refractivity contribution in [3.63, 3.8) is 0 Å². The predicted molar refractivity (Wildman–Crippen MR) is 307 cm³/mol. The molecule has 2 aromatic carbocycles. The number of hydrogen-bond donors (Lipinski definition) is 5. The lowest BCUT2D eigenvalue weighted by atomic mass is 9.78. The molecule has 8 aromatic heterocycles. The first-order valence-corrected chi connectivity index (χ1v) is 27.5. The van der Waals surface area contributed by atoms with E-state index in [-0.39, 0.29) is 11.5 Å². The lowest BCUT2D eigenvalue weighted by Gasteiger charge is -2.40. The molecule has 0 radical (unpaired) electrons. The van der Waals surface area contributed by atoms with E-state index in [2.05, 4.69) is 85.4 Å². The minimum Gasteiger partial charge on any atom is -0.366 e. The van der Waals surface area contributed by atoms with Crippen LogP contribution in [0, 0.1) is 5.41 Å². The van der Waals surface area contributed by atoms with Crippen LogP contribution in [0.15, 0.2) is 135 Å². The molecule has 398 valence electrons. The van der Waals surface area contributed by atoms with Gasteiger partial charge in [0, 0.05) is 85.5 Å². The van der Waals surface area contributed by atoms with Gasteiger partial charge in [-0.15, -0.1) is 10.2 Å². The predicted octanol–water partition coefficient (Wildman–Crippen LogP) is 9.57. The molecule has 0 bridgehead atoms. The topological polar surface area (TPSA) is 228 Å². The first-order chi connectivity index (χ1) is 38.8. The highest BCUT2D eigenvalue weighted by Crippen LogP contribution is 2.44. The van der Waals surface area contributed by atoms with Crippen LogP contribution in [0.4, 0.5) is 35.2 Å². The van der Waals surface area contributed by atoms with Crippen LogP contribution >= 0.6 is 0 Å². The van der Waals surface area contributed by atoms with Gasteiger partial charge < -0.3 is 31.5 Å². The summed E-state index contributed by atoms with van der Waals surface area (Å²) in [6, 6.07) is 27.8. The highest BCUT2D eigenvalue weighted by molar-refractivity contribution is 5.95. The molecule has 1 atom stereocenters. The van der Waals surface area contributed by atoms with Gasteiger partial charge in [-0.1, -0.05) is 63.1 Å². The molecule has 2 saturated carbocycles. The van der Waals surface area contributed by atoms with Crippen molar-refractivity contribution in [2.75, 3.05) is 60.1 Å². The van der Waals surface area contributed by atoms with Crippen molar-refractivity contribution in [2.45, 2.75) is 76.7 Å². The van der Waals surface area contributed by atoms with Crippen molar-refractivity contribution < 1.29 is 0 Å². The number of benzene rings is 2. The van der Waals surface area contributed by atoms with Gasteiger partial charge in [0.2, 0.25) is 11.9 Å². The molecule has 2 aliphatic carbocycles. The molecule has 14 rings (SSSR count). The van der Waals surface area contributed by atoms with Gasteiger partial charge in [0.25, 0.3) is 0 Å². The van der Waals surface area contributed by atoms with E-state index < -0.39 is 0 Å². The Morgan fingerprint density at radius 3 is 1.65 bits per heavy atom. The van der Waals surface area contributed by atoms with Crippen molar-refractivity contribution in [1.82, 2.24) is 80.0 Å². The fraction of sp³-hybridized carbons (Fsp3) is 0.322. The Bertz CT molecular complexity index is 3740. The molecular weight excluding hydrogens is 989 g/mol. The summed E-state index contributed by atoms with van der Waals surface area (Å²) in [4.78, 5) is 49.7. The third-order valence-electron chi connectivity index (χ3n) is 15.7. The van der Waals surface area contributed by atoms with E-state index in [9.17, 15) is 0 Å². The summed E-state index contributed by atoms with van der Waals surface area (Å²) >= 11 is 0. The standard InChI is InChI=1S/C31H34N10.C28H28N10/c1-31(2)18-32-13-12-25(31)37-29-27-23(20-7-6-8-20)16-33-17-24(27)36-28(39-29)21-11-14-34-26(15-21)38-30-35-19-41(40-30)22-9-4-3-5-10-22;1-2-7-21(8-3-1)38-18-32-28(36-38)34-24-15-20(9-10-31-24)26-33-23-17-30-16-22(19-5-4-6-19)25(23)27(35-26)37-13-11-29-12-14-37/h3-5,9-11,14-17,19-20,25,32H,6-8,12-13,18H2,1-2H3,(H,34,38,40)(H,36,37,39);1-3,7-10,15-19,29H,4-6,11-14H2,(H,31,34,36)/t25-;/m0./s1. The van der Waals surface area contributed by atoms with Gasteiger partial charge in [-0.05, 0) is 116 Å². The van der Waals surface area contributed by atoms with Crippen LogP contribution < -0.4 is 31.5 Å². The van der Waals surface area contributed by atoms with Crippen LogP contribution in [0.2, 0.25) is 0 Å². The Labute approximate surface area is 457 Å². The highest BCUT2D eigenvalue weighted by atomic mass is 15.4. The molecule has 2 saturated heterocycles. The van der Waals surface area contributed by atoms with Crippen molar-refractivity contribution in [2.24, 2.45) is 5.41 Å². The number of para-hydroxylation sites is 2. The van der Waals surface area contributed by atoms with E-state index in [1.807, 2.05) is 110 Å². The average Bonchev–Trinajstić information content (AvgIpc) is 4.28. The van der Waals surface area contributed by atoms with Crippen molar-refractivity contribution >= 4 is 57.0 Å². The number of pyridine rings is 4. The van der Waals surface area contributed by atoms with Crippen LogP contribution in [0.3, 0.4) is 0 Å². The number of aromatic nitrogens is 14. The van der Waals surface area contributed by atoms with E-state index in [0.29, 0.717) is 47.0 Å². The van der Waals surface area contributed by atoms with Crippen LogP contribution in [-0.4, -0.2) is 115 Å². The largest absolute Gasteiger partial charge is 0.366 e. The minimum atomic E-state index is 0.0866. The second-order valence-corrected chi connectivity index (χ2v) is 21.5. The summed E-state index contributed by atoms with van der Waals surface area (Å²) in [6.45, 7) is 10.3. The van der Waals surface area contributed by atoms with Gasteiger partial charge in [-0.25, -0.2) is 39.3 Å². The van der Waals surface area contributed by atoms with Crippen LogP contribution in [0.25, 0.3) is 56.0 Å². The summed E-state index contributed by atoms with van der Waals surface area (Å²) in [7, 11) is 0. The van der Waals surface area contributed by atoms with Gasteiger partial charge in [0.1, 0.15) is 35.9 Å². The molecule has 20 heteroatoms. The van der Waals surface area contributed by atoms with E-state index in [4.69, 9.17) is 19.9 Å². The van der Waals surface area contributed by atoms with Crippen LogP contribution in [0.1, 0.15) is 81.8 Å². The van der Waals surface area contributed by atoms with Crippen molar-refractivity contribution in [1.29, 1.82) is 0 Å². The smallest absolute Gasteiger partial charge is 0.248 e. The van der Waals surface area contributed by atoms with Gasteiger partial charge in [0.05, 0.1) is 34.8 Å². The number of fused-ring (bicyclic) bond motifs is 2. The molecule has 0 amide bonds. The molecule has 79 heavy (non-hydrogen) atoms. The number of hydrogen-bond acceptors (Lipinski definition) is 18. The zero-order valence-electron chi connectivity index (χ0n) is 44.3. The third-order valence-corrected chi connectivity index (χ3v) is 15.7. The van der Waals surface area contributed by atoms with E-state index in [1.54, 1.807) is 34.4 Å². The van der Waals surface area contributed by atoms with Gasteiger partial charge in [-0.2, -0.15) is 9.97 Å². The summed E-state index contributed by atoms with van der Waals surface area (Å²) in [5.74, 6) is 6.42. The van der Waals surface area contributed by atoms with Gasteiger partial charge in [0.15, 0.2) is 11.6 Å². The SMILES string of the molecule is CC1(C)CNCC[C@@H]1Nc1nc(-c2ccnc(Nc3ncn(-c4ccccc4)n3)c2)nc2cncc(C3CCC3)c12.c1ccc(-n2cnc(Nc3cc(-c4nc(N5CCNCC5)c5c(C6CCC6)cncc5n4)ccn3)n2)cc1. The second kappa shape index (κ2) is 21.9. The van der Waals surface area contributed by atoms with Crippen LogP contribution in [-0.2, 0) is 0 Å².